The van der Waals surface area contributed by atoms with E-state index < -0.39 is 5.41 Å². The molecule has 0 radical (unpaired) electrons. The van der Waals surface area contributed by atoms with Crippen LogP contribution < -0.4 is 57.5 Å². The van der Waals surface area contributed by atoms with E-state index >= 15 is 0 Å². The third-order valence-corrected chi connectivity index (χ3v) is 16.9. The Balaban J connectivity index is 1.10. The molecule has 0 atom stereocenters. The summed E-state index contributed by atoms with van der Waals surface area (Å²) in [6.45, 7) is 0. The Morgan fingerprint density at radius 2 is 0.247 bits per heavy atom. The molecular formula is C81H72N4O8. The second-order valence-corrected chi connectivity index (χ2v) is 21.9. The summed E-state index contributed by atoms with van der Waals surface area (Å²) >= 11 is 0. The Morgan fingerprint density at radius 3 is 0.344 bits per heavy atom. The van der Waals surface area contributed by atoms with Crippen LogP contribution in [0.15, 0.2) is 291 Å². The minimum absolute atomic E-state index is 0.764. The molecule has 12 heteroatoms. The van der Waals surface area contributed by atoms with Gasteiger partial charge in [0.2, 0.25) is 0 Å². The number of hydrogen-bond acceptors (Lipinski definition) is 12. The summed E-state index contributed by atoms with van der Waals surface area (Å²) < 4.78 is 45.2. The highest BCUT2D eigenvalue weighted by molar-refractivity contribution is 5.83. The van der Waals surface area contributed by atoms with Gasteiger partial charge < -0.3 is 57.5 Å². The van der Waals surface area contributed by atoms with Gasteiger partial charge in [0.25, 0.3) is 0 Å². The quantitative estimate of drug-likeness (QED) is 0.0540. The maximum atomic E-state index is 5.65. The standard InChI is InChI=1S/C81H72N4O8/c1-86-73-41-25-65(26-42-73)82(66-27-43-74(87-2)44-28-66)61-17-9-57(10-18-61)81(58-11-19-62(20-12-58)83(67-29-45-75(88-3)46-30-67)68-31-47-76(89-4)48-32-68,59-13-21-63(22-14-59)84(69-33-49-77(90-5)50-34-69)70-35-51-78(91-6)52-36-70)60-15-23-64(24-16-60)85(71-37-53-79(92-7)54-38-71)72-39-55-80(93-8)56-40-72/h9-56H,1-8H3. The average Bonchev–Trinajstić information content (AvgIpc) is 0.751. The second kappa shape index (κ2) is 28.0. The van der Waals surface area contributed by atoms with E-state index in [-0.39, 0.29) is 0 Å². The van der Waals surface area contributed by atoms with Crippen LogP contribution in [-0.4, -0.2) is 56.9 Å². The van der Waals surface area contributed by atoms with Gasteiger partial charge >= 0.3 is 0 Å². The minimum atomic E-state index is -0.986. The van der Waals surface area contributed by atoms with Crippen molar-refractivity contribution in [1.29, 1.82) is 0 Å². The average molecular weight is 1230 g/mol. The highest BCUT2D eigenvalue weighted by atomic mass is 16.5. The monoisotopic (exact) mass is 1230 g/mol. The normalized spacial score (nSPS) is 11.0. The first-order valence-corrected chi connectivity index (χ1v) is 30.4. The Morgan fingerprint density at radius 1 is 0.151 bits per heavy atom. The van der Waals surface area contributed by atoms with Crippen molar-refractivity contribution in [1.82, 2.24) is 0 Å². The molecule has 12 aromatic carbocycles. The van der Waals surface area contributed by atoms with Gasteiger partial charge in [-0.25, -0.2) is 0 Å². The molecule has 12 aromatic rings. The molecule has 0 amide bonds. The molecule has 0 bridgehead atoms. The SMILES string of the molecule is COc1ccc(N(c2ccc(OC)cc2)c2ccc(C(c3ccc(N(c4ccc(OC)cc4)c4ccc(OC)cc4)cc3)(c3ccc(N(c4ccc(OC)cc4)c4ccc(OC)cc4)cc3)c3ccc(N(c4ccc(OC)cc4)c4ccc(OC)cc4)cc3)cc2)cc1. The minimum Gasteiger partial charge on any atom is -0.497 e. The maximum absolute atomic E-state index is 5.65. The number of methoxy groups -OCH3 is 8. The van der Waals surface area contributed by atoms with E-state index in [1.807, 2.05) is 97.1 Å². The highest BCUT2D eigenvalue weighted by Gasteiger charge is 2.39. The van der Waals surface area contributed by atoms with Crippen molar-refractivity contribution in [3.63, 3.8) is 0 Å². The van der Waals surface area contributed by atoms with Gasteiger partial charge in [-0.3, -0.25) is 0 Å². The van der Waals surface area contributed by atoms with Crippen molar-refractivity contribution >= 4 is 68.2 Å². The first-order valence-electron chi connectivity index (χ1n) is 30.4. The van der Waals surface area contributed by atoms with Gasteiger partial charge in [0.05, 0.1) is 62.3 Å². The Kier molecular flexibility index (Phi) is 18.5. The zero-order valence-corrected chi connectivity index (χ0v) is 53.3. The Hall–Kier alpha value is -11.8. The third-order valence-electron chi connectivity index (χ3n) is 16.9. The maximum Gasteiger partial charge on any atom is 0.119 e. The molecule has 0 saturated carbocycles. The van der Waals surface area contributed by atoms with Crippen LogP contribution in [0.5, 0.6) is 46.0 Å². The lowest BCUT2D eigenvalue weighted by molar-refractivity contribution is 0.414. The predicted octanol–water partition coefficient (Wildman–Crippen LogP) is 20.0. The van der Waals surface area contributed by atoms with E-state index in [0.717, 1.165) is 136 Å². The Bertz CT molecular complexity index is 3580. The van der Waals surface area contributed by atoms with Crippen LogP contribution in [0, 0.1) is 0 Å². The number of nitrogens with zero attached hydrogens (tertiary/aromatic N) is 4. The van der Waals surface area contributed by atoms with E-state index in [1.54, 1.807) is 56.9 Å². The molecule has 0 heterocycles. The summed E-state index contributed by atoms with van der Waals surface area (Å²) in [4.78, 5) is 8.98. The van der Waals surface area contributed by atoms with Gasteiger partial charge in [-0.15, -0.1) is 0 Å². The molecule has 93 heavy (non-hydrogen) atoms. The molecule has 12 rings (SSSR count). The van der Waals surface area contributed by atoms with Gasteiger partial charge in [-0.05, 0) is 265 Å². The second-order valence-electron chi connectivity index (χ2n) is 21.9. The lowest BCUT2D eigenvalue weighted by Crippen LogP contribution is -2.31. The van der Waals surface area contributed by atoms with Crippen LogP contribution in [0.4, 0.5) is 68.2 Å². The van der Waals surface area contributed by atoms with Gasteiger partial charge in [0, 0.05) is 68.2 Å². The zero-order valence-electron chi connectivity index (χ0n) is 53.3. The fourth-order valence-corrected chi connectivity index (χ4v) is 12.1. The number of benzene rings is 12. The molecule has 0 N–H and O–H groups in total. The summed E-state index contributed by atoms with van der Waals surface area (Å²) in [7, 11) is 13.5. The van der Waals surface area contributed by atoms with Gasteiger partial charge in [-0.2, -0.15) is 0 Å². The lowest BCUT2D eigenvalue weighted by Gasteiger charge is -2.38. The van der Waals surface area contributed by atoms with Crippen molar-refractivity contribution in [2.45, 2.75) is 5.41 Å². The van der Waals surface area contributed by atoms with E-state index in [9.17, 15) is 0 Å². The lowest BCUT2D eigenvalue weighted by atomic mass is 9.65. The highest BCUT2D eigenvalue weighted by Crippen LogP contribution is 2.50. The number of ether oxygens (including phenoxy) is 8. The van der Waals surface area contributed by atoms with Crippen LogP contribution in [0.3, 0.4) is 0 Å². The number of rotatable bonds is 24. The molecule has 0 unspecified atom stereocenters. The van der Waals surface area contributed by atoms with E-state index in [4.69, 9.17) is 37.9 Å². The molecule has 12 nitrogen and oxygen atoms in total. The molecule has 0 aliphatic heterocycles. The fourth-order valence-electron chi connectivity index (χ4n) is 12.1. The van der Waals surface area contributed by atoms with Crippen LogP contribution in [0.25, 0.3) is 0 Å². The molecule has 0 aliphatic rings. The first kappa shape index (κ1) is 61.5. The molecule has 464 valence electrons. The molecule has 0 aromatic heterocycles. The van der Waals surface area contributed by atoms with Crippen molar-refractivity contribution in [2.75, 3.05) is 76.5 Å². The summed E-state index contributed by atoms with van der Waals surface area (Å²) in [6, 6.07) is 101. The number of hydrogen-bond donors (Lipinski definition) is 0. The van der Waals surface area contributed by atoms with Crippen molar-refractivity contribution in [3.05, 3.63) is 313 Å². The van der Waals surface area contributed by atoms with E-state index in [0.29, 0.717) is 0 Å². The van der Waals surface area contributed by atoms with Crippen molar-refractivity contribution in [2.24, 2.45) is 0 Å². The molecular weight excluding hydrogens is 1160 g/mol. The predicted molar refractivity (Wildman–Crippen MR) is 376 cm³/mol. The van der Waals surface area contributed by atoms with Crippen LogP contribution >= 0.6 is 0 Å². The Labute approximate surface area is 544 Å². The van der Waals surface area contributed by atoms with Crippen LogP contribution in [0.1, 0.15) is 22.3 Å². The summed E-state index contributed by atoms with van der Waals surface area (Å²) in [5.74, 6) is 6.11. The van der Waals surface area contributed by atoms with E-state index in [2.05, 4.69) is 214 Å². The molecule has 0 fully saturated rings. The van der Waals surface area contributed by atoms with Crippen molar-refractivity contribution in [3.8, 4) is 46.0 Å². The van der Waals surface area contributed by atoms with Crippen LogP contribution in [-0.2, 0) is 5.41 Å². The molecule has 0 saturated heterocycles. The van der Waals surface area contributed by atoms with Crippen molar-refractivity contribution < 1.29 is 37.9 Å². The first-order chi connectivity index (χ1) is 45.7. The summed E-state index contributed by atoms with van der Waals surface area (Å²) in [5, 5.41) is 0. The third kappa shape index (κ3) is 12.8. The fraction of sp³-hybridized carbons (Fsp3) is 0.111. The van der Waals surface area contributed by atoms with Gasteiger partial charge in [0.1, 0.15) is 46.0 Å². The topological polar surface area (TPSA) is 86.8 Å². The smallest absolute Gasteiger partial charge is 0.119 e. The van der Waals surface area contributed by atoms with E-state index in [1.165, 1.54) is 0 Å². The van der Waals surface area contributed by atoms with Crippen LogP contribution in [0.2, 0.25) is 0 Å². The number of anilines is 12. The summed E-state index contributed by atoms with van der Waals surface area (Å²) in [5.41, 5.74) is 14.5. The molecule has 0 aliphatic carbocycles. The van der Waals surface area contributed by atoms with Gasteiger partial charge in [0.15, 0.2) is 0 Å². The summed E-state index contributed by atoms with van der Waals surface area (Å²) in [6.07, 6.45) is 0. The largest absolute Gasteiger partial charge is 0.497 e. The van der Waals surface area contributed by atoms with Gasteiger partial charge in [-0.1, -0.05) is 48.5 Å². The molecule has 0 spiro atoms. The zero-order chi connectivity index (χ0) is 64.3.